The topological polar surface area (TPSA) is 85.2 Å². The smallest absolute Gasteiger partial charge is 0.435 e. The highest BCUT2D eigenvalue weighted by atomic mass is 19.4. The Hall–Kier alpha value is -4.03. The first-order valence-corrected chi connectivity index (χ1v) is 10.5. The summed E-state index contributed by atoms with van der Waals surface area (Å²) in [5.74, 6) is -0.700. The Morgan fingerprint density at radius 2 is 1.61 bits per heavy atom. The average Bonchev–Trinajstić information content (AvgIpc) is 3.29. The Bertz CT molecular complexity index is 1190. The molecule has 1 atom stereocenters. The molecule has 7 nitrogen and oxygen atoms in total. The molecule has 1 aromatic heterocycles. The SMILES string of the molecule is CCC(OC(=O)NCc1ccccc1)C(=O)Nc1ccc(-n2nc(C(F)(F)F)cc2C(F)(F)F)cc1. The van der Waals surface area contributed by atoms with Crippen LogP contribution in [0.5, 0.6) is 0 Å². The second-order valence-corrected chi connectivity index (χ2v) is 7.50. The zero-order chi connectivity index (χ0) is 26.5. The number of nitrogens with zero attached hydrogens (tertiary/aromatic N) is 2. The van der Waals surface area contributed by atoms with Gasteiger partial charge in [-0.2, -0.15) is 31.4 Å². The lowest BCUT2D eigenvalue weighted by atomic mass is 10.2. The summed E-state index contributed by atoms with van der Waals surface area (Å²) in [5.41, 5.74) is -2.67. The van der Waals surface area contributed by atoms with Crippen molar-refractivity contribution in [3.63, 3.8) is 0 Å². The molecule has 2 aromatic carbocycles. The Kier molecular flexibility index (Phi) is 7.90. The van der Waals surface area contributed by atoms with Crippen molar-refractivity contribution in [1.82, 2.24) is 15.1 Å². The summed E-state index contributed by atoms with van der Waals surface area (Å²) >= 11 is 0. The van der Waals surface area contributed by atoms with E-state index in [1.165, 1.54) is 12.1 Å². The third-order valence-corrected chi connectivity index (χ3v) is 4.86. The maximum atomic E-state index is 13.2. The molecule has 13 heteroatoms. The number of benzene rings is 2. The van der Waals surface area contributed by atoms with Crippen molar-refractivity contribution >= 4 is 17.7 Å². The molecule has 3 aromatic rings. The lowest BCUT2D eigenvalue weighted by molar-refractivity contribution is -0.143. The largest absolute Gasteiger partial charge is 0.436 e. The number of rotatable bonds is 7. The highest BCUT2D eigenvalue weighted by Gasteiger charge is 2.42. The minimum absolute atomic E-state index is 0.0816. The summed E-state index contributed by atoms with van der Waals surface area (Å²) in [6.07, 6.45) is -12.0. The number of ether oxygens (including phenoxy) is 1. The van der Waals surface area contributed by atoms with Gasteiger partial charge in [0, 0.05) is 18.3 Å². The number of nitrogens with one attached hydrogen (secondary N) is 2. The fourth-order valence-corrected chi connectivity index (χ4v) is 3.09. The van der Waals surface area contributed by atoms with Gasteiger partial charge in [-0.15, -0.1) is 0 Å². The van der Waals surface area contributed by atoms with Crippen molar-refractivity contribution in [2.45, 2.75) is 38.3 Å². The van der Waals surface area contributed by atoms with Gasteiger partial charge in [-0.25, -0.2) is 9.48 Å². The third kappa shape index (κ3) is 6.77. The fourth-order valence-electron chi connectivity index (χ4n) is 3.09. The number of aromatic nitrogens is 2. The van der Waals surface area contributed by atoms with Crippen LogP contribution in [0.25, 0.3) is 5.69 Å². The molecule has 0 radical (unpaired) electrons. The Labute approximate surface area is 201 Å². The number of alkyl carbamates (subject to hydrolysis) is 1. The van der Waals surface area contributed by atoms with Crippen LogP contribution in [0.15, 0.2) is 60.7 Å². The summed E-state index contributed by atoms with van der Waals surface area (Å²) in [5, 5.41) is 8.01. The summed E-state index contributed by atoms with van der Waals surface area (Å²) in [7, 11) is 0. The first-order chi connectivity index (χ1) is 16.9. The van der Waals surface area contributed by atoms with Crippen LogP contribution in [0.2, 0.25) is 0 Å². The van der Waals surface area contributed by atoms with E-state index in [4.69, 9.17) is 4.74 Å². The maximum Gasteiger partial charge on any atom is 0.435 e. The molecule has 0 aliphatic heterocycles. The predicted molar refractivity (Wildman–Crippen MR) is 116 cm³/mol. The fraction of sp³-hybridized carbons (Fsp3) is 0.261. The van der Waals surface area contributed by atoms with Gasteiger partial charge in [0.2, 0.25) is 0 Å². The molecule has 0 aliphatic rings. The number of carbonyl (C=O) groups is 2. The van der Waals surface area contributed by atoms with E-state index in [0.717, 1.165) is 17.7 Å². The highest BCUT2D eigenvalue weighted by molar-refractivity contribution is 5.95. The van der Waals surface area contributed by atoms with Crippen molar-refractivity contribution in [2.75, 3.05) is 5.32 Å². The summed E-state index contributed by atoms with van der Waals surface area (Å²) in [4.78, 5) is 24.5. The number of amides is 2. The molecule has 1 heterocycles. The maximum absolute atomic E-state index is 13.2. The number of halogens is 6. The second-order valence-electron chi connectivity index (χ2n) is 7.50. The zero-order valence-electron chi connectivity index (χ0n) is 18.7. The van der Waals surface area contributed by atoms with Crippen molar-refractivity contribution in [3.05, 3.63) is 77.6 Å². The third-order valence-electron chi connectivity index (χ3n) is 4.86. The summed E-state index contributed by atoms with van der Waals surface area (Å²) < 4.78 is 83.7. The number of hydrogen-bond acceptors (Lipinski definition) is 4. The number of hydrogen-bond donors (Lipinski definition) is 2. The second kappa shape index (κ2) is 10.7. The molecule has 192 valence electrons. The quantitative estimate of drug-likeness (QED) is 0.405. The van der Waals surface area contributed by atoms with Crippen LogP contribution in [0.4, 0.5) is 36.8 Å². The molecular weight excluding hydrogens is 494 g/mol. The van der Waals surface area contributed by atoms with Crippen LogP contribution in [0.3, 0.4) is 0 Å². The Morgan fingerprint density at radius 3 is 2.17 bits per heavy atom. The van der Waals surface area contributed by atoms with E-state index in [9.17, 15) is 35.9 Å². The highest BCUT2D eigenvalue weighted by Crippen LogP contribution is 2.36. The molecule has 0 bridgehead atoms. The van der Waals surface area contributed by atoms with Crippen LogP contribution in [-0.4, -0.2) is 27.9 Å². The average molecular weight is 514 g/mol. The standard InChI is InChI=1S/C23H20F6N4O3/c1-2-17(36-21(35)30-13-14-6-4-3-5-7-14)20(34)31-15-8-10-16(11-9-15)33-19(23(27,28)29)12-18(32-33)22(24,25)26/h3-12,17H,2,13H2,1H3,(H,30,35)(H,31,34). The van der Waals surface area contributed by atoms with E-state index < -0.39 is 41.8 Å². The van der Waals surface area contributed by atoms with Gasteiger partial charge in [-0.3, -0.25) is 4.79 Å². The summed E-state index contributed by atoms with van der Waals surface area (Å²) in [6, 6.07) is 13.4. The summed E-state index contributed by atoms with van der Waals surface area (Å²) in [6.45, 7) is 1.79. The first-order valence-electron chi connectivity index (χ1n) is 10.5. The molecule has 0 saturated heterocycles. The van der Waals surface area contributed by atoms with Crippen LogP contribution < -0.4 is 10.6 Å². The first kappa shape index (κ1) is 26.6. The minimum atomic E-state index is -5.09. The monoisotopic (exact) mass is 514 g/mol. The Morgan fingerprint density at radius 1 is 0.972 bits per heavy atom. The normalized spacial score (nSPS) is 12.6. The van der Waals surface area contributed by atoms with Gasteiger partial charge < -0.3 is 15.4 Å². The van der Waals surface area contributed by atoms with Crippen molar-refractivity contribution in [2.24, 2.45) is 0 Å². The predicted octanol–water partition coefficient (Wildman–Crippen LogP) is 5.55. The van der Waals surface area contributed by atoms with E-state index in [0.29, 0.717) is 0 Å². The van der Waals surface area contributed by atoms with Crippen LogP contribution in [-0.2, 0) is 28.4 Å². The van der Waals surface area contributed by atoms with Gasteiger partial charge in [-0.1, -0.05) is 37.3 Å². The van der Waals surface area contributed by atoms with Gasteiger partial charge in [0.05, 0.1) is 5.69 Å². The van der Waals surface area contributed by atoms with Gasteiger partial charge in [-0.05, 0) is 36.2 Å². The number of alkyl halides is 6. The molecule has 2 amide bonds. The number of anilines is 1. The van der Waals surface area contributed by atoms with Gasteiger partial charge in [0.1, 0.15) is 5.69 Å². The molecular formula is C23H20F6N4O3. The van der Waals surface area contributed by atoms with Crippen molar-refractivity contribution in [1.29, 1.82) is 0 Å². The van der Waals surface area contributed by atoms with E-state index in [2.05, 4.69) is 15.7 Å². The van der Waals surface area contributed by atoms with Crippen LogP contribution in [0.1, 0.15) is 30.3 Å². The molecule has 0 spiro atoms. The zero-order valence-corrected chi connectivity index (χ0v) is 18.7. The molecule has 36 heavy (non-hydrogen) atoms. The minimum Gasteiger partial charge on any atom is -0.436 e. The van der Waals surface area contributed by atoms with Crippen LogP contribution >= 0.6 is 0 Å². The van der Waals surface area contributed by atoms with E-state index in [-0.39, 0.29) is 35.1 Å². The van der Waals surface area contributed by atoms with Crippen molar-refractivity contribution in [3.8, 4) is 5.69 Å². The van der Waals surface area contributed by atoms with Crippen LogP contribution in [0, 0.1) is 0 Å². The molecule has 0 fully saturated rings. The Balaban J connectivity index is 1.67. The van der Waals surface area contributed by atoms with E-state index in [1.54, 1.807) is 31.2 Å². The van der Waals surface area contributed by atoms with Gasteiger partial charge in [0.25, 0.3) is 5.91 Å². The molecule has 0 saturated carbocycles. The lowest BCUT2D eigenvalue weighted by Crippen LogP contribution is -2.36. The van der Waals surface area contributed by atoms with E-state index >= 15 is 0 Å². The van der Waals surface area contributed by atoms with Gasteiger partial charge in [0.15, 0.2) is 11.8 Å². The molecule has 0 aliphatic carbocycles. The molecule has 1 unspecified atom stereocenters. The molecule has 2 N–H and O–H groups in total. The molecule has 3 rings (SSSR count). The van der Waals surface area contributed by atoms with Crippen molar-refractivity contribution < 1.29 is 40.7 Å². The number of carbonyl (C=O) groups excluding carboxylic acids is 2. The lowest BCUT2D eigenvalue weighted by Gasteiger charge is -2.17. The van der Waals surface area contributed by atoms with Gasteiger partial charge >= 0.3 is 18.4 Å². The van der Waals surface area contributed by atoms with E-state index in [1.807, 2.05) is 6.07 Å².